The van der Waals surface area contributed by atoms with E-state index in [1.165, 1.54) is 6.07 Å². The summed E-state index contributed by atoms with van der Waals surface area (Å²) in [5.74, 6) is 0.0649. The van der Waals surface area contributed by atoms with Gasteiger partial charge in [0.2, 0.25) is 15.9 Å². The third-order valence-electron chi connectivity index (χ3n) is 3.68. The Morgan fingerprint density at radius 1 is 1.19 bits per heavy atom. The topological polar surface area (TPSA) is 84.5 Å². The Morgan fingerprint density at radius 3 is 2.59 bits per heavy atom. The number of hydrogen-bond acceptors (Lipinski definition) is 4. The van der Waals surface area contributed by atoms with Crippen LogP contribution in [0, 0.1) is 5.92 Å². The molecule has 146 valence electrons. The molecule has 0 saturated carbocycles. The van der Waals surface area contributed by atoms with E-state index in [0.29, 0.717) is 22.5 Å². The number of carbonyl (C=O) groups excluding carboxylic acids is 1. The van der Waals surface area contributed by atoms with Gasteiger partial charge in [0.05, 0.1) is 6.61 Å². The minimum atomic E-state index is -3.78. The van der Waals surface area contributed by atoms with Crippen LogP contribution in [0.2, 0.25) is 0 Å². The Morgan fingerprint density at radius 2 is 1.93 bits per heavy atom. The fraction of sp³-hybridized carbons (Fsp3) is 0.316. The van der Waals surface area contributed by atoms with Crippen molar-refractivity contribution in [3.63, 3.8) is 0 Å². The largest absolute Gasteiger partial charge is 0.492 e. The summed E-state index contributed by atoms with van der Waals surface area (Å²) in [5.41, 5.74) is 1.36. The number of anilines is 1. The molecule has 0 atom stereocenters. The molecule has 2 N–H and O–H groups in total. The van der Waals surface area contributed by atoms with Crippen molar-refractivity contribution in [1.82, 2.24) is 4.72 Å². The lowest BCUT2D eigenvalue weighted by Gasteiger charge is -2.13. The first kappa shape index (κ1) is 21.4. The minimum absolute atomic E-state index is 0.0722. The summed E-state index contributed by atoms with van der Waals surface area (Å²) in [5, 5.41) is 2.80. The predicted molar refractivity (Wildman–Crippen MR) is 109 cm³/mol. The van der Waals surface area contributed by atoms with Gasteiger partial charge >= 0.3 is 0 Å². The van der Waals surface area contributed by atoms with E-state index in [4.69, 9.17) is 4.74 Å². The molecule has 0 unspecified atom stereocenters. The Labute approximate surface area is 168 Å². The monoisotopic (exact) mass is 454 g/mol. The number of ether oxygens (including phenoxy) is 1. The van der Waals surface area contributed by atoms with Crippen LogP contribution < -0.4 is 14.8 Å². The van der Waals surface area contributed by atoms with E-state index in [1.807, 2.05) is 0 Å². The van der Waals surface area contributed by atoms with Gasteiger partial charge in [-0.3, -0.25) is 4.79 Å². The lowest BCUT2D eigenvalue weighted by molar-refractivity contribution is -0.118. The third-order valence-corrected chi connectivity index (χ3v) is 5.60. The molecule has 2 aromatic rings. The molecule has 0 aliphatic rings. The SMILES string of the molecule is CCOc1ccc(Br)cc1S(=O)(=O)NCc1cccc(NC(=O)C(C)C)c1. The van der Waals surface area contributed by atoms with Crippen molar-refractivity contribution in [2.75, 3.05) is 11.9 Å². The molecule has 0 aromatic heterocycles. The summed E-state index contributed by atoms with van der Waals surface area (Å²) in [6, 6.07) is 11.9. The van der Waals surface area contributed by atoms with Crippen molar-refractivity contribution >= 4 is 37.5 Å². The van der Waals surface area contributed by atoms with E-state index in [1.54, 1.807) is 57.2 Å². The highest BCUT2D eigenvalue weighted by atomic mass is 79.9. The van der Waals surface area contributed by atoms with Crippen LogP contribution >= 0.6 is 15.9 Å². The molecule has 0 spiro atoms. The molecule has 8 heteroatoms. The zero-order valence-electron chi connectivity index (χ0n) is 15.5. The number of nitrogens with one attached hydrogen (secondary N) is 2. The van der Waals surface area contributed by atoms with Crippen LogP contribution in [0.5, 0.6) is 5.75 Å². The smallest absolute Gasteiger partial charge is 0.244 e. The standard InChI is InChI=1S/C19H23BrN2O4S/c1-4-26-17-9-8-15(20)11-18(17)27(24,25)21-12-14-6-5-7-16(10-14)22-19(23)13(2)3/h5-11,13,21H,4,12H2,1-3H3,(H,22,23). The van der Waals surface area contributed by atoms with Gasteiger partial charge in [-0.2, -0.15) is 0 Å². The summed E-state index contributed by atoms with van der Waals surface area (Å²) in [7, 11) is -3.78. The minimum Gasteiger partial charge on any atom is -0.492 e. The first-order valence-corrected chi connectivity index (χ1v) is 10.8. The molecular weight excluding hydrogens is 432 g/mol. The van der Waals surface area contributed by atoms with Crippen molar-refractivity contribution in [2.45, 2.75) is 32.2 Å². The molecule has 0 aliphatic heterocycles. The van der Waals surface area contributed by atoms with Gasteiger partial charge in [-0.15, -0.1) is 0 Å². The van der Waals surface area contributed by atoms with Gasteiger partial charge in [0, 0.05) is 22.6 Å². The zero-order valence-corrected chi connectivity index (χ0v) is 17.9. The molecule has 1 amide bonds. The number of carbonyl (C=O) groups is 1. The van der Waals surface area contributed by atoms with Gasteiger partial charge in [0.15, 0.2) is 0 Å². The first-order valence-electron chi connectivity index (χ1n) is 8.54. The van der Waals surface area contributed by atoms with Gasteiger partial charge in [-0.25, -0.2) is 13.1 Å². The van der Waals surface area contributed by atoms with Gasteiger partial charge in [-0.05, 0) is 42.8 Å². The van der Waals surface area contributed by atoms with E-state index in [9.17, 15) is 13.2 Å². The van der Waals surface area contributed by atoms with Crippen molar-refractivity contribution in [3.05, 3.63) is 52.5 Å². The highest BCUT2D eigenvalue weighted by molar-refractivity contribution is 9.10. The van der Waals surface area contributed by atoms with E-state index >= 15 is 0 Å². The van der Waals surface area contributed by atoms with Crippen LogP contribution in [0.15, 0.2) is 51.8 Å². The first-order chi connectivity index (χ1) is 12.7. The average molecular weight is 455 g/mol. The zero-order chi connectivity index (χ0) is 20.0. The molecule has 0 heterocycles. The third kappa shape index (κ3) is 6.05. The Balaban J connectivity index is 2.16. The fourth-order valence-electron chi connectivity index (χ4n) is 2.27. The maximum absolute atomic E-state index is 12.7. The fourth-order valence-corrected chi connectivity index (χ4v) is 3.97. The van der Waals surface area contributed by atoms with E-state index in [2.05, 4.69) is 26.0 Å². The second-order valence-electron chi connectivity index (χ2n) is 6.19. The van der Waals surface area contributed by atoms with Crippen LogP contribution in [0.3, 0.4) is 0 Å². The number of hydrogen-bond donors (Lipinski definition) is 2. The number of rotatable bonds is 8. The number of benzene rings is 2. The maximum atomic E-state index is 12.7. The quantitative estimate of drug-likeness (QED) is 0.632. The molecule has 0 saturated heterocycles. The second-order valence-corrected chi connectivity index (χ2v) is 8.84. The summed E-state index contributed by atoms with van der Waals surface area (Å²) in [6.45, 7) is 5.86. The highest BCUT2D eigenvalue weighted by Crippen LogP contribution is 2.27. The molecule has 0 radical (unpaired) electrons. The second kappa shape index (κ2) is 9.34. The van der Waals surface area contributed by atoms with Crippen molar-refractivity contribution < 1.29 is 17.9 Å². The summed E-state index contributed by atoms with van der Waals surface area (Å²) < 4.78 is 34.1. The van der Waals surface area contributed by atoms with Gasteiger partial charge < -0.3 is 10.1 Å². The van der Waals surface area contributed by atoms with Crippen LogP contribution in [-0.4, -0.2) is 20.9 Å². The molecule has 2 aromatic carbocycles. The summed E-state index contributed by atoms with van der Waals surface area (Å²) >= 11 is 3.29. The summed E-state index contributed by atoms with van der Waals surface area (Å²) in [4.78, 5) is 11.9. The van der Waals surface area contributed by atoms with Crippen LogP contribution in [0.4, 0.5) is 5.69 Å². The van der Waals surface area contributed by atoms with Crippen LogP contribution in [0.25, 0.3) is 0 Å². The van der Waals surface area contributed by atoms with Gasteiger partial charge in [0.25, 0.3) is 0 Å². The van der Waals surface area contributed by atoms with E-state index in [-0.39, 0.29) is 23.3 Å². The number of sulfonamides is 1. The molecule has 0 fully saturated rings. The number of amides is 1. The molecule has 6 nitrogen and oxygen atoms in total. The van der Waals surface area contributed by atoms with E-state index in [0.717, 1.165) is 5.56 Å². The summed E-state index contributed by atoms with van der Waals surface area (Å²) in [6.07, 6.45) is 0. The van der Waals surface area contributed by atoms with Crippen LogP contribution in [0.1, 0.15) is 26.3 Å². The molecule has 0 bridgehead atoms. The van der Waals surface area contributed by atoms with E-state index < -0.39 is 10.0 Å². The predicted octanol–water partition coefficient (Wildman–Crippen LogP) is 3.92. The van der Waals surface area contributed by atoms with Crippen molar-refractivity contribution in [1.29, 1.82) is 0 Å². The highest BCUT2D eigenvalue weighted by Gasteiger charge is 2.20. The maximum Gasteiger partial charge on any atom is 0.244 e. The molecular formula is C19H23BrN2O4S. The average Bonchev–Trinajstić information content (AvgIpc) is 2.62. The van der Waals surface area contributed by atoms with Crippen LogP contribution in [-0.2, 0) is 21.4 Å². The number of halogens is 1. The molecule has 27 heavy (non-hydrogen) atoms. The Hall–Kier alpha value is -1.90. The van der Waals surface area contributed by atoms with Crippen molar-refractivity contribution in [2.24, 2.45) is 5.92 Å². The lowest BCUT2D eigenvalue weighted by atomic mass is 10.1. The van der Waals surface area contributed by atoms with Crippen molar-refractivity contribution in [3.8, 4) is 5.75 Å². The molecule has 0 aliphatic carbocycles. The Bertz CT molecular complexity index is 914. The Kier molecular flexibility index (Phi) is 7.41. The molecule has 2 rings (SSSR count). The normalized spacial score (nSPS) is 11.4. The van der Waals surface area contributed by atoms with Gasteiger partial charge in [0.1, 0.15) is 10.6 Å². The van der Waals surface area contributed by atoms with Gasteiger partial charge in [-0.1, -0.05) is 41.9 Å². The lowest BCUT2D eigenvalue weighted by Crippen LogP contribution is -2.24.